The van der Waals surface area contributed by atoms with Gasteiger partial charge in [-0.25, -0.2) is 4.98 Å². The smallest absolute Gasteiger partial charge is 0.263 e. The molecule has 0 spiro atoms. The van der Waals surface area contributed by atoms with Crippen LogP contribution in [0.2, 0.25) is 5.02 Å². The van der Waals surface area contributed by atoms with Gasteiger partial charge in [-0.1, -0.05) is 11.6 Å². The standard InChI is InChI=1S/C22H24ClN3O3/c1-22(2,29-19-8-4-16(23)5-9-19)21(27)26-17-6-10-18(11-7-17)28-20-12-3-15(13-24)14-25-20/h3-5,8-9,12,14,17-18H,6-7,10-11H2,1-2H3,(H,26,27). The fourth-order valence-corrected chi connectivity index (χ4v) is 3.34. The van der Waals surface area contributed by atoms with Crippen molar-refractivity contribution in [2.24, 2.45) is 0 Å². The van der Waals surface area contributed by atoms with E-state index in [1.54, 1.807) is 50.2 Å². The number of carbonyl (C=O) groups is 1. The first-order valence-electron chi connectivity index (χ1n) is 9.64. The van der Waals surface area contributed by atoms with E-state index >= 15 is 0 Å². The Morgan fingerprint density at radius 1 is 1.17 bits per heavy atom. The van der Waals surface area contributed by atoms with Crippen LogP contribution in [0.1, 0.15) is 45.1 Å². The third kappa shape index (κ3) is 5.85. The Morgan fingerprint density at radius 2 is 1.86 bits per heavy atom. The van der Waals surface area contributed by atoms with Gasteiger partial charge in [-0.3, -0.25) is 4.79 Å². The van der Waals surface area contributed by atoms with Gasteiger partial charge in [-0.05, 0) is 69.9 Å². The van der Waals surface area contributed by atoms with Crippen LogP contribution in [0.4, 0.5) is 0 Å². The summed E-state index contributed by atoms with van der Waals surface area (Å²) in [6.45, 7) is 3.50. The number of nitriles is 1. The van der Waals surface area contributed by atoms with Crippen molar-refractivity contribution in [3.8, 4) is 17.7 Å². The summed E-state index contributed by atoms with van der Waals surface area (Å²) in [4.78, 5) is 16.9. The molecule has 3 rings (SSSR count). The molecule has 0 unspecified atom stereocenters. The van der Waals surface area contributed by atoms with Crippen molar-refractivity contribution in [3.63, 3.8) is 0 Å². The fraction of sp³-hybridized carbons (Fsp3) is 0.409. The van der Waals surface area contributed by atoms with E-state index < -0.39 is 5.60 Å². The Balaban J connectivity index is 1.47. The van der Waals surface area contributed by atoms with Crippen molar-refractivity contribution in [1.29, 1.82) is 5.26 Å². The van der Waals surface area contributed by atoms with Gasteiger partial charge in [0.05, 0.1) is 5.56 Å². The number of rotatable bonds is 6. The lowest BCUT2D eigenvalue weighted by Gasteiger charge is -2.32. The number of nitrogens with one attached hydrogen (secondary N) is 1. The van der Waals surface area contributed by atoms with Gasteiger partial charge >= 0.3 is 0 Å². The van der Waals surface area contributed by atoms with Crippen molar-refractivity contribution >= 4 is 17.5 Å². The number of hydrogen-bond acceptors (Lipinski definition) is 5. The highest BCUT2D eigenvalue weighted by atomic mass is 35.5. The van der Waals surface area contributed by atoms with Gasteiger partial charge in [-0.2, -0.15) is 5.26 Å². The molecule has 0 atom stereocenters. The lowest BCUT2D eigenvalue weighted by atomic mass is 9.92. The Hall–Kier alpha value is -2.78. The summed E-state index contributed by atoms with van der Waals surface area (Å²) in [5, 5.41) is 12.5. The van der Waals surface area contributed by atoms with E-state index in [2.05, 4.69) is 10.3 Å². The minimum atomic E-state index is -0.992. The molecule has 0 bridgehead atoms. The maximum atomic E-state index is 12.7. The van der Waals surface area contributed by atoms with Gasteiger partial charge in [0, 0.05) is 23.3 Å². The first-order valence-corrected chi connectivity index (χ1v) is 10.0. The number of benzene rings is 1. The van der Waals surface area contributed by atoms with Crippen LogP contribution in [-0.2, 0) is 4.79 Å². The summed E-state index contributed by atoms with van der Waals surface area (Å²) in [6.07, 6.45) is 4.86. The van der Waals surface area contributed by atoms with Crippen molar-refractivity contribution in [2.75, 3.05) is 0 Å². The summed E-state index contributed by atoms with van der Waals surface area (Å²) < 4.78 is 11.7. The second-order valence-corrected chi connectivity index (χ2v) is 8.06. The fourth-order valence-electron chi connectivity index (χ4n) is 3.21. The minimum Gasteiger partial charge on any atom is -0.478 e. The van der Waals surface area contributed by atoms with Crippen molar-refractivity contribution < 1.29 is 14.3 Å². The van der Waals surface area contributed by atoms with Crippen LogP contribution in [0.3, 0.4) is 0 Å². The number of halogens is 1. The molecular formula is C22H24ClN3O3. The van der Waals surface area contributed by atoms with Gasteiger partial charge in [0.15, 0.2) is 5.60 Å². The quantitative estimate of drug-likeness (QED) is 0.764. The molecule has 1 amide bonds. The Kier molecular flexibility index (Phi) is 6.60. The largest absolute Gasteiger partial charge is 0.478 e. The normalized spacial score (nSPS) is 19.1. The Bertz CT molecular complexity index is 868. The number of hydrogen-bond donors (Lipinski definition) is 1. The van der Waals surface area contributed by atoms with E-state index in [1.165, 1.54) is 6.20 Å². The molecule has 6 nitrogen and oxygen atoms in total. The highest BCUT2D eigenvalue weighted by molar-refractivity contribution is 6.30. The van der Waals surface area contributed by atoms with Gasteiger partial charge < -0.3 is 14.8 Å². The number of carbonyl (C=O) groups excluding carboxylic acids is 1. The van der Waals surface area contributed by atoms with Gasteiger partial charge in [0.2, 0.25) is 5.88 Å². The molecule has 0 radical (unpaired) electrons. The molecule has 1 N–H and O–H groups in total. The van der Waals surface area contributed by atoms with Crippen molar-refractivity contribution in [3.05, 3.63) is 53.2 Å². The molecule has 0 saturated heterocycles. The van der Waals surface area contributed by atoms with E-state index in [0.717, 1.165) is 25.7 Å². The third-order valence-electron chi connectivity index (χ3n) is 4.90. The Morgan fingerprint density at radius 3 is 2.45 bits per heavy atom. The zero-order valence-electron chi connectivity index (χ0n) is 16.5. The monoisotopic (exact) mass is 413 g/mol. The van der Waals surface area contributed by atoms with Crippen molar-refractivity contribution in [2.45, 2.75) is 57.3 Å². The first kappa shape index (κ1) is 20.9. The summed E-state index contributed by atoms with van der Waals surface area (Å²) in [6, 6.07) is 12.5. The lowest BCUT2D eigenvalue weighted by molar-refractivity contribution is -0.135. The number of amides is 1. The molecule has 1 aromatic carbocycles. The zero-order chi connectivity index (χ0) is 20.9. The van der Waals surface area contributed by atoms with Crippen LogP contribution in [0.5, 0.6) is 11.6 Å². The summed E-state index contributed by atoms with van der Waals surface area (Å²) >= 11 is 5.89. The van der Waals surface area contributed by atoms with Gasteiger partial charge in [0.25, 0.3) is 5.91 Å². The van der Waals surface area contributed by atoms with Crippen LogP contribution in [0.15, 0.2) is 42.6 Å². The highest BCUT2D eigenvalue weighted by Crippen LogP contribution is 2.25. The second kappa shape index (κ2) is 9.15. The summed E-state index contributed by atoms with van der Waals surface area (Å²) in [5.74, 6) is 0.973. The molecule has 29 heavy (non-hydrogen) atoms. The minimum absolute atomic E-state index is 0.0573. The number of pyridine rings is 1. The highest BCUT2D eigenvalue weighted by Gasteiger charge is 2.33. The lowest BCUT2D eigenvalue weighted by Crippen LogP contribution is -2.51. The Labute approximate surface area is 175 Å². The number of aromatic nitrogens is 1. The van der Waals surface area contributed by atoms with Crippen LogP contribution >= 0.6 is 11.6 Å². The summed E-state index contributed by atoms with van der Waals surface area (Å²) in [5.41, 5.74) is -0.486. The van der Waals surface area contributed by atoms with Crippen LogP contribution in [0.25, 0.3) is 0 Å². The molecule has 1 aliphatic carbocycles. The van der Waals surface area contributed by atoms with Crippen LogP contribution in [-0.4, -0.2) is 28.6 Å². The van der Waals surface area contributed by atoms with Gasteiger partial charge in [0.1, 0.15) is 17.9 Å². The molecule has 7 heteroatoms. The second-order valence-electron chi connectivity index (χ2n) is 7.63. The molecular weight excluding hydrogens is 390 g/mol. The zero-order valence-corrected chi connectivity index (χ0v) is 17.3. The summed E-state index contributed by atoms with van der Waals surface area (Å²) in [7, 11) is 0. The first-order chi connectivity index (χ1) is 13.9. The maximum Gasteiger partial charge on any atom is 0.263 e. The number of ether oxygens (including phenoxy) is 2. The predicted octanol–water partition coefficient (Wildman–Crippen LogP) is 4.27. The average Bonchev–Trinajstić information content (AvgIpc) is 2.71. The number of nitrogens with zero attached hydrogens (tertiary/aromatic N) is 2. The molecule has 2 aromatic rings. The van der Waals surface area contributed by atoms with Crippen LogP contribution in [0, 0.1) is 11.3 Å². The molecule has 1 aromatic heterocycles. The molecule has 1 fully saturated rings. The van der Waals surface area contributed by atoms with Crippen molar-refractivity contribution in [1.82, 2.24) is 10.3 Å². The van der Waals surface area contributed by atoms with E-state index in [9.17, 15) is 4.79 Å². The van der Waals surface area contributed by atoms with Gasteiger partial charge in [-0.15, -0.1) is 0 Å². The molecule has 0 aliphatic heterocycles. The molecule has 1 saturated carbocycles. The van der Waals surface area contributed by atoms with E-state index in [4.69, 9.17) is 26.3 Å². The van der Waals surface area contributed by atoms with E-state index in [1.807, 2.05) is 6.07 Å². The van der Waals surface area contributed by atoms with Crippen LogP contribution < -0.4 is 14.8 Å². The maximum absolute atomic E-state index is 12.7. The van der Waals surface area contributed by atoms with E-state index in [-0.39, 0.29) is 18.1 Å². The molecule has 152 valence electrons. The third-order valence-corrected chi connectivity index (χ3v) is 5.15. The average molecular weight is 414 g/mol. The molecule has 1 aliphatic rings. The SMILES string of the molecule is CC(C)(Oc1ccc(Cl)cc1)C(=O)NC1CCC(Oc2ccc(C#N)cn2)CC1. The van der Waals surface area contributed by atoms with E-state index in [0.29, 0.717) is 22.2 Å². The topological polar surface area (TPSA) is 84.2 Å². The predicted molar refractivity (Wildman–Crippen MR) is 110 cm³/mol. The molecule has 1 heterocycles.